The molecule has 3 heterocycles. The Bertz CT molecular complexity index is 968. The zero-order valence-corrected chi connectivity index (χ0v) is 23.1. The predicted molar refractivity (Wildman–Crippen MR) is 144 cm³/mol. The number of rotatable bonds is 9. The molecule has 5 nitrogen and oxygen atoms in total. The Labute approximate surface area is 217 Å². The maximum Gasteiger partial charge on any atom is 0.192 e. The van der Waals surface area contributed by atoms with E-state index in [2.05, 4.69) is 50.0 Å². The molecule has 3 aliphatic rings. The molecule has 5 atom stereocenters. The van der Waals surface area contributed by atoms with Crippen molar-refractivity contribution in [1.29, 1.82) is 0 Å². The standard InChI is InChI=1S/C31H45NO4/c1-7-12-25(28-23(3)35-30(4,5)36-28)17-16-22(2)19-26-20-32-18-11-15-27(32)31(6,29(26)33)34-21-24-13-9-8-10-14-24/h8-10,13-14,17,19,22-23,27-28H,7,11-12,15-16,18,20-21H2,1-6H3/b25-17+,26-19+/t22-,23-,27+,28+,31-/m1/s1. The number of nitrogens with zero attached hydrogens (tertiary/aromatic N) is 1. The number of hydrogen-bond acceptors (Lipinski definition) is 5. The van der Waals surface area contributed by atoms with Crippen molar-refractivity contribution in [3.05, 3.63) is 59.2 Å². The summed E-state index contributed by atoms with van der Waals surface area (Å²) < 4.78 is 18.7. The highest BCUT2D eigenvalue weighted by atomic mass is 16.7. The van der Waals surface area contributed by atoms with Gasteiger partial charge in [0.15, 0.2) is 11.6 Å². The van der Waals surface area contributed by atoms with Crippen molar-refractivity contribution in [2.24, 2.45) is 5.92 Å². The smallest absolute Gasteiger partial charge is 0.192 e. The zero-order valence-electron chi connectivity index (χ0n) is 23.1. The highest BCUT2D eigenvalue weighted by molar-refractivity contribution is 6.03. The minimum absolute atomic E-state index is 0.00356. The van der Waals surface area contributed by atoms with Crippen LogP contribution in [0.1, 0.15) is 79.2 Å². The lowest BCUT2D eigenvalue weighted by molar-refractivity contribution is -0.154. The van der Waals surface area contributed by atoms with Crippen LogP contribution in [0.2, 0.25) is 0 Å². The van der Waals surface area contributed by atoms with Crippen LogP contribution < -0.4 is 0 Å². The van der Waals surface area contributed by atoms with Crippen molar-refractivity contribution in [2.45, 2.75) is 110 Å². The van der Waals surface area contributed by atoms with Crippen molar-refractivity contribution >= 4 is 5.78 Å². The quantitative estimate of drug-likeness (QED) is 0.300. The van der Waals surface area contributed by atoms with Gasteiger partial charge in [-0.15, -0.1) is 0 Å². The van der Waals surface area contributed by atoms with Crippen LogP contribution in [0.25, 0.3) is 0 Å². The Morgan fingerprint density at radius 2 is 1.97 bits per heavy atom. The minimum Gasteiger partial charge on any atom is -0.361 e. The number of ketones is 1. The van der Waals surface area contributed by atoms with Gasteiger partial charge in [0, 0.05) is 18.2 Å². The van der Waals surface area contributed by atoms with E-state index in [9.17, 15) is 4.79 Å². The fourth-order valence-electron chi connectivity index (χ4n) is 6.21. The van der Waals surface area contributed by atoms with Crippen LogP contribution in [0.4, 0.5) is 0 Å². The Morgan fingerprint density at radius 3 is 2.64 bits per heavy atom. The highest BCUT2D eigenvalue weighted by Crippen LogP contribution is 2.38. The van der Waals surface area contributed by atoms with Gasteiger partial charge >= 0.3 is 0 Å². The number of hydrogen-bond donors (Lipinski definition) is 0. The molecule has 0 N–H and O–H groups in total. The van der Waals surface area contributed by atoms with Gasteiger partial charge in [0.05, 0.1) is 12.7 Å². The summed E-state index contributed by atoms with van der Waals surface area (Å²) in [7, 11) is 0. The topological polar surface area (TPSA) is 48.0 Å². The first kappa shape index (κ1) is 27.3. The Hall–Kier alpha value is -1.79. The summed E-state index contributed by atoms with van der Waals surface area (Å²) in [5.74, 6) is -0.136. The van der Waals surface area contributed by atoms with Crippen molar-refractivity contribution in [2.75, 3.05) is 13.1 Å². The predicted octanol–water partition coefficient (Wildman–Crippen LogP) is 6.23. The van der Waals surface area contributed by atoms with E-state index in [-0.39, 0.29) is 30.0 Å². The molecule has 0 radical (unpaired) electrons. The van der Waals surface area contributed by atoms with Gasteiger partial charge in [-0.25, -0.2) is 0 Å². The fraction of sp³-hybridized carbons (Fsp3) is 0.645. The molecule has 198 valence electrons. The summed E-state index contributed by atoms with van der Waals surface area (Å²) in [5, 5.41) is 0. The molecule has 0 amide bonds. The van der Waals surface area contributed by atoms with E-state index in [1.54, 1.807) is 0 Å². The molecule has 0 spiro atoms. The normalized spacial score (nSPS) is 32.7. The van der Waals surface area contributed by atoms with E-state index in [1.165, 1.54) is 5.57 Å². The Balaban J connectivity index is 1.49. The molecule has 3 fully saturated rings. The number of fused-ring (bicyclic) bond motifs is 1. The monoisotopic (exact) mass is 495 g/mol. The van der Waals surface area contributed by atoms with Crippen LogP contribution in [0.3, 0.4) is 0 Å². The maximum absolute atomic E-state index is 13.8. The van der Waals surface area contributed by atoms with E-state index in [4.69, 9.17) is 14.2 Å². The zero-order chi connectivity index (χ0) is 25.9. The first-order valence-electron chi connectivity index (χ1n) is 13.8. The summed E-state index contributed by atoms with van der Waals surface area (Å²) in [6.45, 7) is 14.7. The molecule has 4 rings (SSSR count). The average Bonchev–Trinajstić information content (AvgIpc) is 3.42. The molecule has 3 aliphatic heterocycles. The summed E-state index contributed by atoms with van der Waals surface area (Å²) >= 11 is 0. The van der Waals surface area contributed by atoms with Crippen molar-refractivity contribution in [3.63, 3.8) is 0 Å². The lowest BCUT2D eigenvalue weighted by Crippen LogP contribution is -2.60. The van der Waals surface area contributed by atoms with Gasteiger partial charge in [0.1, 0.15) is 11.7 Å². The highest BCUT2D eigenvalue weighted by Gasteiger charge is 2.52. The number of carbonyl (C=O) groups excluding carboxylic acids is 1. The van der Waals surface area contributed by atoms with Gasteiger partial charge in [0.2, 0.25) is 0 Å². The van der Waals surface area contributed by atoms with E-state index in [0.29, 0.717) is 6.61 Å². The fourth-order valence-corrected chi connectivity index (χ4v) is 6.21. The number of carbonyl (C=O) groups is 1. The number of benzene rings is 1. The van der Waals surface area contributed by atoms with E-state index < -0.39 is 11.4 Å². The molecule has 1 aromatic carbocycles. The Kier molecular flexibility index (Phi) is 8.56. The van der Waals surface area contributed by atoms with Crippen LogP contribution in [0.5, 0.6) is 0 Å². The van der Waals surface area contributed by atoms with Crippen LogP contribution in [0.15, 0.2) is 53.6 Å². The van der Waals surface area contributed by atoms with E-state index in [1.807, 2.05) is 39.0 Å². The molecular formula is C31H45NO4. The molecule has 1 aromatic rings. The SMILES string of the molecule is CCC/C(=C\C[C@@H](C)/C=C1\CN2CCC[C@H]2[C@@](C)(OCc2ccccc2)C1=O)[C@H]1OC(C)(C)O[C@@H]1C. The summed E-state index contributed by atoms with van der Waals surface area (Å²) in [6, 6.07) is 10.3. The third-order valence-electron chi connectivity index (χ3n) is 7.95. The summed E-state index contributed by atoms with van der Waals surface area (Å²) in [6.07, 6.45) is 9.64. The Morgan fingerprint density at radius 1 is 1.22 bits per heavy atom. The molecule has 36 heavy (non-hydrogen) atoms. The average molecular weight is 496 g/mol. The van der Waals surface area contributed by atoms with Gasteiger partial charge in [-0.1, -0.05) is 62.8 Å². The third-order valence-corrected chi connectivity index (χ3v) is 7.95. The van der Waals surface area contributed by atoms with Gasteiger partial charge in [-0.3, -0.25) is 9.69 Å². The van der Waals surface area contributed by atoms with Crippen molar-refractivity contribution < 1.29 is 19.0 Å². The van der Waals surface area contributed by atoms with Crippen molar-refractivity contribution in [3.8, 4) is 0 Å². The maximum atomic E-state index is 13.8. The molecule has 3 saturated heterocycles. The molecule has 5 heteroatoms. The second-order valence-corrected chi connectivity index (χ2v) is 11.5. The van der Waals surface area contributed by atoms with Crippen LogP contribution in [-0.4, -0.2) is 53.4 Å². The number of Topliss-reactive ketones (excluding diaryl/α,β-unsaturated/α-hetero) is 1. The van der Waals surface area contributed by atoms with Gasteiger partial charge in [-0.05, 0) is 77.0 Å². The van der Waals surface area contributed by atoms with Gasteiger partial charge < -0.3 is 14.2 Å². The number of piperidine rings is 1. The second kappa shape index (κ2) is 11.3. The van der Waals surface area contributed by atoms with E-state index >= 15 is 0 Å². The first-order chi connectivity index (χ1) is 17.1. The third kappa shape index (κ3) is 6.02. The molecular weight excluding hydrogens is 450 g/mol. The van der Waals surface area contributed by atoms with Crippen LogP contribution in [-0.2, 0) is 25.6 Å². The van der Waals surface area contributed by atoms with Crippen molar-refractivity contribution in [1.82, 2.24) is 4.90 Å². The molecule has 0 unspecified atom stereocenters. The van der Waals surface area contributed by atoms with E-state index in [0.717, 1.165) is 56.3 Å². The van der Waals surface area contributed by atoms with Crippen LogP contribution in [0, 0.1) is 5.92 Å². The number of allylic oxidation sites excluding steroid dienone is 2. The lowest BCUT2D eigenvalue weighted by Gasteiger charge is -2.44. The lowest BCUT2D eigenvalue weighted by atomic mass is 9.80. The van der Waals surface area contributed by atoms with Crippen LogP contribution >= 0.6 is 0 Å². The number of ether oxygens (including phenoxy) is 3. The first-order valence-corrected chi connectivity index (χ1v) is 13.8. The summed E-state index contributed by atoms with van der Waals surface area (Å²) in [4.78, 5) is 16.3. The molecule has 0 saturated carbocycles. The molecule has 0 aliphatic carbocycles. The minimum atomic E-state index is -0.810. The van der Waals surface area contributed by atoms with Gasteiger partial charge in [0.25, 0.3) is 0 Å². The van der Waals surface area contributed by atoms with Gasteiger partial charge in [-0.2, -0.15) is 0 Å². The summed E-state index contributed by atoms with van der Waals surface area (Å²) in [5.41, 5.74) is 2.50. The molecule has 0 aromatic heterocycles. The second-order valence-electron chi connectivity index (χ2n) is 11.5. The molecule has 0 bridgehead atoms. The largest absolute Gasteiger partial charge is 0.361 e.